The van der Waals surface area contributed by atoms with E-state index in [2.05, 4.69) is 56.2 Å². The summed E-state index contributed by atoms with van der Waals surface area (Å²) in [5, 5.41) is 17.6. The number of nitrogens with one attached hydrogen (secondary N) is 1. The predicted octanol–water partition coefficient (Wildman–Crippen LogP) is 5.89. The smallest absolute Gasteiger partial charge is 0.475 e. The number of halogens is 6. The molecule has 2 aliphatic rings. The zero-order valence-corrected chi connectivity index (χ0v) is 23.0. The van der Waals surface area contributed by atoms with Crippen molar-refractivity contribution in [1.82, 2.24) is 15.3 Å². The van der Waals surface area contributed by atoms with Gasteiger partial charge in [0.1, 0.15) is 6.10 Å². The van der Waals surface area contributed by atoms with E-state index in [-0.39, 0.29) is 16.9 Å². The molecule has 1 aliphatic heterocycles. The van der Waals surface area contributed by atoms with Gasteiger partial charge in [-0.2, -0.15) is 31.3 Å². The molecule has 8 nitrogen and oxygen atoms in total. The van der Waals surface area contributed by atoms with Crippen molar-refractivity contribution in [2.45, 2.75) is 82.7 Å². The number of ether oxygens (including phenoxy) is 1. The predicted molar refractivity (Wildman–Crippen MR) is 137 cm³/mol. The highest BCUT2D eigenvalue weighted by Crippen LogP contribution is 2.46. The highest BCUT2D eigenvalue weighted by molar-refractivity contribution is 5.73. The topological polar surface area (TPSA) is 122 Å². The Morgan fingerprint density at radius 3 is 1.85 bits per heavy atom. The molecule has 1 aromatic heterocycles. The molecule has 2 aromatic rings. The van der Waals surface area contributed by atoms with Gasteiger partial charge in [-0.05, 0) is 66.8 Å². The van der Waals surface area contributed by atoms with Crippen molar-refractivity contribution in [3.05, 3.63) is 41.6 Å². The molecule has 0 amide bonds. The van der Waals surface area contributed by atoms with Crippen LogP contribution in [0.3, 0.4) is 0 Å². The number of aliphatic carboxylic acids is 2. The van der Waals surface area contributed by atoms with E-state index in [4.69, 9.17) is 29.5 Å². The number of carboxylic acid groups (broad SMARTS) is 2. The maximum absolute atomic E-state index is 10.6. The van der Waals surface area contributed by atoms with Crippen molar-refractivity contribution < 1.29 is 50.9 Å². The molecule has 0 radical (unpaired) electrons. The third-order valence-electron chi connectivity index (χ3n) is 6.80. The first-order valence-electron chi connectivity index (χ1n) is 12.7. The van der Waals surface area contributed by atoms with Crippen LogP contribution in [0.1, 0.15) is 64.5 Å². The van der Waals surface area contributed by atoms with Gasteiger partial charge in [0, 0.05) is 17.8 Å². The van der Waals surface area contributed by atoms with Crippen LogP contribution in [0.4, 0.5) is 26.3 Å². The Morgan fingerprint density at radius 1 is 0.878 bits per heavy atom. The lowest BCUT2D eigenvalue weighted by Crippen LogP contribution is -2.34. The first-order chi connectivity index (χ1) is 18.7. The molecule has 14 heteroatoms. The van der Waals surface area contributed by atoms with Crippen LogP contribution in [0.5, 0.6) is 5.88 Å². The van der Waals surface area contributed by atoms with Crippen molar-refractivity contribution in [2.24, 2.45) is 0 Å². The molecule has 228 valence electrons. The van der Waals surface area contributed by atoms with Crippen molar-refractivity contribution in [3.8, 4) is 17.3 Å². The van der Waals surface area contributed by atoms with E-state index in [0.717, 1.165) is 37.3 Å². The Hall–Kier alpha value is -3.42. The van der Waals surface area contributed by atoms with Crippen LogP contribution >= 0.6 is 0 Å². The first-order valence-corrected chi connectivity index (χ1v) is 12.7. The quantitative estimate of drug-likeness (QED) is 0.377. The first kappa shape index (κ1) is 33.8. The number of fused-ring (bicyclic) bond motifs is 1. The number of hydrogen-bond donors (Lipinski definition) is 3. The number of rotatable bonds is 3. The average molecular weight is 594 g/mol. The molecule has 1 fully saturated rings. The Bertz CT molecular complexity index is 1180. The van der Waals surface area contributed by atoms with E-state index in [0.29, 0.717) is 5.88 Å². The van der Waals surface area contributed by atoms with Crippen LogP contribution in [0.25, 0.3) is 11.4 Å². The maximum atomic E-state index is 10.6. The summed E-state index contributed by atoms with van der Waals surface area (Å²) in [4.78, 5) is 27.0. The zero-order valence-electron chi connectivity index (χ0n) is 23.0. The molecule has 1 aromatic carbocycles. The molecular weight excluding hydrogens is 560 g/mol. The minimum absolute atomic E-state index is 0.185. The summed E-state index contributed by atoms with van der Waals surface area (Å²) in [6.07, 6.45) is -3.62. The second-order valence-corrected chi connectivity index (χ2v) is 10.9. The molecule has 3 N–H and O–H groups in total. The molecule has 1 saturated heterocycles. The minimum atomic E-state index is -5.08. The summed E-state index contributed by atoms with van der Waals surface area (Å²) in [5.41, 5.74) is 4.39. The van der Waals surface area contributed by atoms with E-state index < -0.39 is 24.3 Å². The van der Waals surface area contributed by atoms with E-state index in [1.165, 1.54) is 24.0 Å². The van der Waals surface area contributed by atoms with Crippen molar-refractivity contribution in [1.29, 1.82) is 0 Å². The van der Waals surface area contributed by atoms with Crippen LogP contribution in [0, 0.1) is 0 Å². The molecule has 0 unspecified atom stereocenters. The van der Waals surface area contributed by atoms with E-state index >= 15 is 0 Å². The van der Waals surface area contributed by atoms with Gasteiger partial charge >= 0.3 is 24.3 Å². The summed E-state index contributed by atoms with van der Waals surface area (Å²) in [5.74, 6) is -4.08. The Balaban J connectivity index is 0.000000349. The van der Waals surface area contributed by atoms with Gasteiger partial charge in [0.2, 0.25) is 5.88 Å². The van der Waals surface area contributed by atoms with Gasteiger partial charge in [0.25, 0.3) is 0 Å². The number of carbonyl (C=O) groups is 2. The fourth-order valence-corrected chi connectivity index (χ4v) is 4.36. The zero-order chi connectivity index (χ0) is 31.2. The number of benzene rings is 1. The lowest BCUT2D eigenvalue weighted by atomic mass is 9.63. The monoisotopic (exact) mass is 593 g/mol. The summed E-state index contributed by atoms with van der Waals surface area (Å²) in [6.45, 7) is 11.4. The number of hydrogen-bond acceptors (Lipinski definition) is 6. The third-order valence-corrected chi connectivity index (χ3v) is 6.80. The number of nitrogens with zero attached hydrogens (tertiary/aromatic N) is 2. The fraction of sp³-hybridized carbons (Fsp3) is 0.556. The summed E-state index contributed by atoms with van der Waals surface area (Å²) < 4.78 is 69.6. The summed E-state index contributed by atoms with van der Waals surface area (Å²) >= 11 is 0. The van der Waals surface area contributed by atoms with Crippen LogP contribution in [-0.4, -0.2) is 63.7 Å². The Kier molecular flexibility index (Phi) is 10.7. The fourth-order valence-electron chi connectivity index (χ4n) is 4.36. The Labute approximate surface area is 233 Å². The van der Waals surface area contributed by atoms with Crippen molar-refractivity contribution in [3.63, 3.8) is 0 Å². The number of aromatic nitrogens is 2. The van der Waals surface area contributed by atoms with Gasteiger partial charge in [-0.1, -0.05) is 39.8 Å². The average Bonchev–Trinajstić information content (AvgIpc) is 2.87. The Morgan fingerprint density at radius 2 is 1.37 bits per heavy atom. The second kappa shape index (κ2) is 13.0. The summed E-state index contributed by atoms with van der Waals surface area (Å²) in [6, 6.07) is 8.64. The molecule has 0 bridgehead atoms. The molecule has 1 aliphatic carbocycles. The number of alkyl halides is 6. The molecular formula is C27H33F6N3O5. The maximum Gasteiger partial charge on any atom is 0.490 e. The number of piperidine rings is 1. The minimum Gasteiger partial charge on any atom is -0.475 e. The highest BCUT2D eigenvalue weighted by atomic mass is 19.4. The van der Waals surface area contributed by atoms with Gasteiger partial charge < -0.3 is 20.3 Å². The molecule has 2 heterocycles. The molecule has 0 atom stereocenters. The molecule has 41 heavy (non-hydrogen) atoms. The standard InChI is InChI=1S/C23H31N3O.2C2HF3O2/c1-22(2)10-11-23(3,4)19-15-16(5-6-18(19)22)21-25-14-9-20(26-21)27-17-7-12-24-13-8-17;2*3-2(4,5)1(6)7/h5-6,9,14-15,17,24H,7-8,10-13H2,1-4H3;2*(H,6,7). The second-order valence-electron chi connectivity index (χ2n) is 10.9. The largest absolute Gasteiger partial charge is 0.490 e. The van der Waals surface area contributed by atoms with E-state index in [1.54, 1.807) is 0 Å². The van der Waals surface area contributed by atoms with Crippen LogP contribution in [0.2, 0.25) is 0 Å². The highest BCUT2D eigenvalue weighted by Gasteiger charge is 2.39. The van der Waals surface area contributed by atoms with Crippen LogP contribution in [-0.2, 0) is 20.4 Å². The number of carboxylic acids is 2. The molecule has 4 rings (SSSR count). The van der Waals surface area contributed by atoms with Crippen molar-refractivity contribution in [2.75, 3.05) is 13.1 Å². The van der Waals surface area contributed by atoms with Crippen molar-refractivity contribution >= 4 is 11.9 Å². The van der Waals surface area contributed by atoms with Gasteiger partial charge in [-0.15, -0.1) is 0 Å². The molecule has 0 saturated carbocycles. The van der Waals surface area contributed by atoms with Gasteiger partial charge in [0.15, 0.2) is 5.82 Å². The lowest BCUT2D eigenvalue weighted by molar-refractivity contribution is -0.193. The normalized spacial score (nSPS) is 18.0. The van der Waals surface area contributed by atoms with Crippen LogP contribution in [0.15, 0.2) is 30.5 Å². The van der Waals surface area contributed by atoms with Gasteiger partial charge in [-0.25, -0.2) is 14.6 Å². The lowest BCUT2D eigenvalue weighted by Gasteiger charge is -2.42. The summed E-state index contributed by atoms with van der Waals surface area (Å²) in [7, 11) is 0. The SMILES string of the molecule is CC1(C)CCC(C)(C)c2cc(-c3nccc(OC4CCNCC4)n3)ccc21.O=C(O)C(F)(F)F.O=C(O)C(F)(F)F. The van der Waals surface area contributed by atoms with E-state index in [1.807, 2.05) is 12.3 Å². The molecule has 0 spiro atoms. The van der Waals surface area contributed by atoms with Crippen LogP contribution < -0.4 is 10.1 Å². The van der Waals surface area contributed by atoms with Gasteiger partial charge in [0.05, 0.1) is 0 Å². The third kappa shape index (κ3) is 9.87. The van der Waals surface area contributed by atoms with E-state index in [9.17, 15) is 26.3 Å². The van der Waals surface area contributed by atoms with Gasteiger partial charge in [-0.3, -0.25) is 0 Å².